The van der Waals surface area contributed by atoms with Gasteiger partial charge in [-0.1, -0.05) is 42.1 Å². The van der Waals surface area contributed by atoms with Crippen LogP contribution in [0.2, 0.25) is 0 Å². The molecule has 0 bridgehead atoms. The Bertz CT molecular complexity index is 1260. The number of H-pyrrole nitrogens is 1. The molecule has 8 nitrogen and oxygen atoms in total. The van der Waals surface area contributed by atoms with Crippen molar-refractivity contribution in [3.8, 4) is 0 Å². The highest BCUT2D eigenvalue weighted by atomic mass is 32.2. The number of carbonyl (C=O) groups excluding carboxylic acids is 1. The normalized spacial score (nSPS) is 20.5. The minimum absolute atomic E-state index is 0.00626. The molecule has 3 aromatic rings. The molecule has 2 amide bonds. The third-order valence-corrected chi connectivity index (χ3v) is 7.01. The number of halogens is 3. The Balaban J connectivity index is 1.33. The van der Waals surface area contributed by atoms with Gasteiger partial charge in [-0.2, -0.15) is 18.3 Å². The summed E-state index contributed by atoms with van der Waals surface area (Å²) in [5.41, 5.74) is 0.910. The summed E-state index contributed by atoms with van der Waals surface area (Å²) in [5.74, 6) is 0.611. The summed E-state index contributed by atoms with van der Waals surface area (Å²) in [5, 5.41) is 13.2. The van der Waals surface area contributed by atoms with Crippen LogP contribution in [0.3, 0.4) is 0 Å². The lowest BCUT2D eigenvalue weighted by Crippen LogP contribution is -2.47. The highest BCUT2D eigenvalue weighted by Crippen LogP contribution is 2.44. The smallest absolute Gasteiger partial charge is 0.335 e. The molecule has 184 valence electrons. The van der Waals surface area contributed by atoms with Crippen LogP contribution in [0.4, 0.5) is 29.6 Å². The molecule has 1 saturated carbocycles. The van der Waals surface area contributed by atoms with Crippen molar-refractivity contribution in [3.05, 3.63) is 58.9 Å². The molecule has 0 radical (unpaired) electrons. The largest absolute Gasteiger partial charge is 0.433 e. The van der Waals surface area contributed by atoms with Crippen LogP contribution < -0.4 is 10.6 Å². The van der Waals surface area contributed by atoms with Crippen LogP contribution in [-0.2, 0) is 18.3 Å². The number of rotatable bonds is 5. The Kier molecular flexibility index (Phi) is 5.65. The van der Waals surface area contributed by atoms with E-state index in [9.17, 15) is 18.0 Å². The molecule has 2 aromatic heterocycles. The number of nitrogens with one attached hydrogen (secondary N) is 3. The summed E-state index contributed by atoms with van der Waals surface area (Å²) < 4.78 is 39.8. The van der Waals surface area contributed by atoms with E-state index in [1.54, 1.807) is 11.2 Å². The zero-order valence-electron chi connectivity index (χ0n) is 19.3. The number of anilines is 2. The van der Waals surface area contributed by atoms with Crippen LogP contribution >= 0.6 is 11.8 Å². The van der Waals surface area contributed by atoms with Crippen LogP contribution in [-0.4, -0.2) is 43.4 Å². The lowest BCUT2D eigenvalue weighted by Gasteiger charge is -2.32. The maximum absolute atomic E-state index is 13.3. The molecule has 3 N–H and O–H groups in total. The van der Waals surface area contributed by atoms with E-state index >= 15 is 0 Å². The van der Waals surface area contributed by atoms with Gasteiger partial charge in [-0.25, -0.2) is 14.8 Å². The van der Waals surface area contributed by atoms with Crippen molar-refractivity contribution in [2.24, 2.45) is 0 Å². The molecular formula is C23H24F3N7OS. The van der Waals surface area contributed by atoms with Gasteiger partial charge in [0.25, 0.3) is 0 Å². The molecule has 2 atom stereocenters. The van der Waals surface area contributed by atoms with Gasteiger partial charge >= 0.3 is 12.2 Å². The monoisotopic (exact) mass is 503 g/mol. The molecule has 0 unspecified atom stereocenters. The van der Waals surface area contributed by atoms with Gasteiger partial charge < -0.3 is 15.5 Å². The topological polar surface area (TPSA) is 98.8 Å². The number of hydrogen-bond donors (Lipinski definition) is 3. The number of thioether (sulfide) groups is 1. The number of aromatic nitrogens is 4. The first-order chi connectivity index (χ1) is 16.6. The molecule has 0 spiro atoms. The van der Waals surface area contributed by atoms with Crippen molar-refractivity contribution in [1.29, 1.82) is 0 Å². The number of aromatic amines is 1. The van der Waals surface area contributed by atoms with Crippen LogP contribution in [0.5, 0.6) is 0 Å². The zero-order valence-corrected chi connectivity index (χ0v) is 20.1. The Morgan fingerprint density at radius 2 is 1.97 bits per heavy atom. The van der Waals surface area contributed by atoms with E-state index in [2.05, 4.69) is 42.9 Å². The fraction of sp³-hybridized carbons (Fsp3) is 0.391. The summed E-state index contributed by atoms with van der Waals surface area (Å²) in [7, 11) is 0. The van der Waals surface area contributed by atoms with Gasteiger partial charge in [0.05, 0.1) is 17.8 Å². The first kappa shape index (κ1) is 23.5. The summed E-state index contributed by atoms with van der Waals surface area (Å²) in [6.07, 6.45) is -2.11. The predicted octanol–water partition coefficient (Wildman–Crippen LogP) is 5.00. The number of urea groups is 1. The van der Waals surface area contributed by atoms with E-state index in [1.807, 2.05) is 32.0 Å². The molecule has 3 heterocycles. The van der Waals surface area contributed by atoms with E-state index in [-0.39, 0.29) is 29.6 Å². The Hall–Kier alpha value is -3.28. The van der Waals surface area contributed by atoms with Crippen LogP contribution in [0.1, 0.15) is 48.7 Å². The molecule has 0 saturated heterocycles. The summed E-state index contributed by atoms with van der Waals surface area (Å²) >= 11 is 1.01. The maximum Gasteiger partial charge on any atom is 0.433 e. The van der Waals surface area contributed by atoms with Crippen molar-refractivity contribution in [2.45, 2.75) is 55.6 Å². The van der Waals surface area contributed by atoms with E-state index in [0.29, 0.717) is 17.3 Å². The third-order valence-electron chi connectivity index (χ3n) is 6.47. The number of benzene rings is 1. The number of amides is 2. The third kappa shape index (κ3) is 4.42. The molecule has 1 aliphatic heterocycles. The van der Waals surface area contributed by atoms with Gasteiger partial charge in [0.1, 0.15) is 5.82 Å². The summed E-state index contributed by atoms with van der Waals surface area (Å²) in [6, 6.07) is 10.8. The van der Waals surface area contributed by atoms with Crippen molar-refractivity contribution < 1.29 is 18.0 Å². The molecule has 12 heteroatoms. The second kappa shape index (κ2) is 8.43. The van der Waals surface area contributed by atoms with Crippen molar-refractivity contribution in [2.75, 3.05) is 11.6 Å². The molecule has 1 aliphatic carbocycles. The number of carbonyl (C=O) groups is 1. The fourth-order valence-electron chi connectivity index (χ4n) is 4.45. The van der Waals surface area contributed by atoms with Crippen molar-refractivity contribution >= 4 is 29.4 Å². The first-order valence-corrected chi connectivity index (χ1v) is 12.3. The minimum Gasteiger partial charge on any atom is -0.335 e. The fourth-order valence-corrected chi connectivity index (χ4v) is 4.83. The number of alkyl halides is 3. The van der Waals surface area contributed by atoms with Crippen molar-refractivity contribution in [1.82, 2.24) is 30.4 Å². The lowest BCUT2D eigenvalue weighted by atomic mass is 10.0. The molecule has 2 aliphatic rings. The minimum atomic E-state index is -4.60. The highest BCUT2D eigenvalue weighted by molar-refractivity contribution is 7.98. The SMILES string of the molecule is CSc1nc(Nc2n[nH]c3c2CN(C(=O)N[C@@H]2C[C@H]2c2ccccc2)C3(C)C)cc(C(F)(F)F)n1. The van der Waals surface area contributed by atoms with Gasteiger partial charge in [0.2, 0.25) is 0 Å². The number of nitrogens with zero attached hydrogens (tertiary/aromatic N) is 4. The predicted molar refractivity (Wildman–Crippen MR) is 125 cm³/mol. The van der Waals surface area contributed by atoms with Gasteiger partial charge in [-0.3, -0.25) is 5.10 Å². The summed E-state index contributed by atoms with van der Waals surface area (Å²) in [6.45, 7) is 4.06. The average molecular weight is 504 g/mol. The Morgan fingerprint density at radius 3 is 2.66 bits per heavy atom. The molecule has 1 fully saturated rings. The second-order valence-corrected chi connectivity index (χ2v) is 9.90. The van der Waals surface area contributed by atoms with Gasteiger partial charge in [-0.05, 0) is 32.1 Å². The van der Waals surface area contributed by atoms with E-state index in [4.69, 9.17) is 0 Å². The maximum atomic E-state index is 13.3. The van der Waals surface area contributed by atoms with Gasteiger partial charge in [0.15, 0.2) is 16.7 Å². The van der Waals surface area contributed by atoms with Crippen molar-refractivity contribution in [3.63, 3.8) is 0 Å². The molecule has 35 heavy (non-hydrogen) atoms. The molecule has 5 rings (SSSR count). The van der Waals surface area contributed by atoms with Gasteiger partial charge in [-0.15, -0.1) is 0 Å². The highest BCUT2D eigenvalue weighted by Gasteiger charge is 2.47. The Morgan fingerprint density at radius 1 is 1.23 bits per heavy atom. The van der Waals surface area contributed by atoms with E-state index < -0.39 is 17.4 Å². The van der Waals surface area contributed by atoms with E-state index in [1.165, 1.54) is 5.56 Å². The van der Waals surface area contributed by atoms with Crippen LogP contribution in [0.25, 0.3) is 0 Å². The standard InChI is InChI=1S/C23H24F3N7OS/c1-22(2)18-14(11-33(22)21(34)27-15-9-13(15)12-7-5-4-6-8-12)19(32-31-18)29-17-10-16(23(24,25)26)28-20(30-17)35-3/h4-8,10,13,15H,9,11H2,1-3H3,(H,27,34)(H2,28,29,30,31,32)/t13-,15+/m0/s1. The quantitative estimate of drug-likeness (QED) is 0.335. The number of fused-ring (bicyclic) bond motifs is 1. The molecular weight excluding hydrogens is 479 g/mol. The number of hydrogen-bond acceptors (Lipinski definition) is 6. The molecule has 1 aromatic carbocycles. The van der Waals surface area contributed by atoms with Crippen LogP contribution in [0.15, 0.2) is 41.6 Å². The average Bonchev–Trinajstić information content (AvgIpc) is 3.37. The van der Waals surface area contributed by atoms with Gasteiger partial charge in [0, 0.05) is 23.6 Å². The first-order valence-electron chi connectivity index (χ1n) is 11.1. The second-order valence-electron chi connectivity index (χ2n) is 9.13. The zero-order chi connectivity index (χ0) is 25.0. The van der Waals surface area contributed by atoms with Crippen LogP contribution in [0, 0.1) is 0 Å². The summed E-state index contributed by atoms with van der Waals surface area (Å²) in [4.78, 5) is 22.6. The van der Waals surface area contributed by atoms with E-state index in [0.717, 1.165) is 29.9 Å². The Labute approximate surface area is 204 Å². The lowest BCUT2D eigenvalue weighted by molar-refractivity contribution is -0.141.